The molecule has 0 fully saturated rings. The molecule has 294 valence electrons. The number of halogens is 7. The van der Waals surface area contributed by atoms with Gasteiger partial charge in [-0.05, 0) is 72.9 Å². The summed E-state index contributed by atoms with van der Waals surface area (Å²) < 4.78 is 101. The first-order valence-electron chi connectivity index (χ1n) is 16.5. The summed E-state index contributed by atoms with van der Waals surface area (Å²) in [7, 11) is 0. The Morgan fingerprint density at radius 2 is 0.807 bits per heavy atom. The minimum atomic E-state index is -4.02. The van der Waals surface area contributed by atoms with Crippen molar-refractivity contribution in [2.45, 2.75) is 51.2 Å². The number of alkyl halides is 4. The average molecular weight is 939 g/mol. The molecule has 0 aliphatic rings. The molecule has 2 radical (unpaired) electrons. The molecule has 2 heterocycles. The van der Waals surface area contributed by atoms with E-state index in [0.29, 0.717) is 22.8 Å². The molecule has 6 rings (SSSR count). The minimum Gasteiger partial charge on any atom is -0.411 e. The summed E-state index contributed by atoms with van der Waals surface area (Å²) in [5.41, 5.74) is -3.46. The molecular weight excluding hydrogens is 899 g/mol. The van der Waals surface area contributed by atoms with Crippen molar-refractivity contribution in [2.24, 2.45) is 0 Å². The standard InChI is InChI=1S/C22H19F3NO.C21H16F4NO.CH4.2Y/c1-14-4-7-16(8-5-14)17-9-11-20(26-13-17)22(24,25)21(3,27)18-10-6-15(2)12-19(18)23;1-13-3-5-14(6-4-13)15-7-10-19(26-12-15)21(24,25)20(2,27)17-9-8-16(22)11-18(17)23;;;/h4-13,27H,3H2,1-2H3;3-12,27H,2H2,1H3;1H4;;/q2*-1;;;/t21-;20-;;;/m10.../s1. The number of aliphatic hydroxyl groups is 2. The quantitative estimate of drug-likeness (QED) is 0.118. The first-order valence-corrected chi connectivity index (χ1v) is 16.5. The van der Waals surface area contributed by atoms with Crippen molar-refractivity contribution in [3.8, 4) is 22.3 Å². The fraction of sp³-hybridized carbons (Fsp3) is 0.182. The van der Waals surface area contributed by atoms with E-state index in [1.807, 2.05) is 62.4 Å². The second kappa shape index (κ2) is 19.7. The normalized spacial score (nSPS) is 13.3. The van der Waals surface area contributed by atoms with Crippen molar-refractivity contribution in [3.05, 3.63) is 192 Å². The van der Waals surface area contributed by atoms with Crippen LogP contribution in [0.4, 0.5) is 30.7 Å². The minimum absolute atomic E-state index is 0. The van der Waals surface area contributed by atoms with Crippen molar-refractivity contribution in [2.75, 3.05) is 0 Å². The topological polar surface area (TPSA) is 66.2 Å². The van der Waals surface area contributed by atoms with Gasteiger partial charge in [-0.3, -0.25) is 9.97 Å². The van der Waals surface area contributed by atoms with Crippen LogP contribution in [0.25, 0.3) is 22.3 Å². The predicted octanol–water partition coefficient (Wildman–Crippen LogP) is 11.1. The molecule has 0 saturated carbocycles. The Balaban J connectivity index is 0.000000374. The number of hydrogen-bond acceptors (Lipinski definition) is 4. The molecule has 57 heavy (non-hydrogen) atoms. The molecule has 4 nitrogen and oxygen atoms in total. The number of aryl methyl sites for hydroxylation is 3. The monoisotopic (exact) mass is 938 g/mol. The van der Waals surface area contributed by atoms with Gasteiger partial charge >= 0.3 is 0 Å². The third kappa shape index (κ3) is 10.7. The van der Waals surface area contributed by atoms with E-state index in [4.69, 9.17) is 0 Å². The maximum Gasteiger partial charge on any atom is 0.294 e. The number of nitrogens with zero attached hydrogens (tertiary/aromatic N) is 2. The average Bonchev–Trinajstić information content (AvgIpc) is 3.12. The van der Waals surface area contributed by atoms with E-state index in [2.05, 4.69) is 23.8 Å². The summed E-state index contributed by atoms with van der Waals surface area (Å²) in [5, 5.41) is 20.7. The van der Waals surface area contributed by atoms with Gasteiger partial charge in [0, 0.05) is 106 Å². The van der Waals surface area contributed by atoms with Gasteiger partial charge in [0.2, 0.25) is 0 Å². The SMILES string of the molecule is C.[CH2-][C@@](O)(c1ccc(C)cc1F)C(F)(F)c1ccc(-c2ccc(C)cc2)cn1.[CH2-][C@](O)(c1ccc(F)cc1F)C(F)(F)c1ccc(-c2ccc(C)cc2)cn1.[Y].[Y]. The van der Waals surface area contributed by atoms with Gasteiger partial charge in [-0.1, -0.05) is 97.4 Å². The largest absolute Gasteiger partial charge is 0.411 e. The van der Waals surface area contributed by atoms with Gasteiger partial charge in [0.1, 0.15) is 28.8 Å². The molecule has 6 aromatic rings. The van der Waals surface area contributed by atoms with E-state index in [1.165, 1.54) is 30.6 Å². The molecule has 0 saturated heterocycles. The molecule has 0 aliphatic carbocycles. The molecule has 0 bridgehead atoms. The Hall–Kier alpha value is -3.18. The van der Waals surface area contributed by atoms with Crippen LogP contribution in [0.3, 0.4) is 0 Å². The Labute approximate surface area is 378 Å². The van der Waals surface area contributed by atoms with Crippen molar-refractivity contribution >= 4 is 0 Å². The number of pyridine rings is 2. The summed E-state index contributed by atoms with van der Waals surface area (Å²) in [6.07, 6.45) is 2.54. The van der Waals surface area contributed by atoms with Gasteiger partial charge in [-0.2, -0.15) is 17.6 Å². The van der Waals surface area contributed by atoms with Crippen LogP contribution in [0.15, 0.2) is 122 Å². The van der Waals surface area contributed by atoms with E-state index in [9.17, 15) is 40.9 Å². The number of hydrogen-bond donors (Lipinski definition) is 2. The van der Waals surface area contributed by atoms with Gasteiger partial charge in [0.25, 0.3) is 11.8 Å². The van der Waals surface area contributed by atoms with Crippen molar-refractivity contribution in [1.82, 2.24) is 9.97 Å². The second-order valence-corrected chi connectivity index (χ2v) is 13.1. The molecule has 13 heteroatoms. The molecule has 0 aliphatic heterocycles. The first kappa shape index (κ1) is 50.0. The molecular formula is C44H39F7N2O2Y2-2. The Morgan fingerprint density at radius 3 is 1.14 bits per heavy atom. The van der Waals surface area contributed by atoms with Crippen molar-refractivity contribution in [3.63, 3.8) is 0 Å². The Kier molecular flexibility index (Phi) is 17.3. The van der Waals surface area contributed by atoms with E-state index < -0.39 is 63.0 Å². The second-order valence-electron chi connectivity index (χ2n) is 13.1. The predicted molar refractivity (Wildman–Crippen MR) is 199 cm³/mol. The maximum absolute atomic E-state index is 14.9. The van der Waals surface area contributed by atoms with E-state index >= 15 is 0 Å². The van der Waals surface area contributed by atoms with Gasteiger partial charge in [-0.25, -0.2) is 13.2 Å². The van der Waals surface area contributed by atoms with Gasteiger partial charge in [0.05, 0.1) is 0 Å². The molecule has 4 aromatic carbocycles. The van der Waals surface area contributed by atoms with Crippen LogP contribution in [0.5, 0.6) is 0 Å². The molecule has 0 amide bonds. The first-order chi connectivity index (χ1) is 25.3. The summed E-state index contributed by atoms with van der Waals surface area (Å²) in [4.78, 5) is 7.56. The molecule has 2 atom stereocenters. The van der Waals surface area contributed by atoms with Crippen LogP contribution >= 0.6 is 0 Å². The van der Waals surface area contributed by atoms with Gasteiger partial charge < -0.3 is 24.1 Å². The van der Waals surface area contributed by atoms with Gasteiger partial charge in [-0.15, -0.1) is 0 Å². The summed E-state index contributed by atoms with van der Waals surface area (Å²) in [5.74, 6) is -11.1. The Morgan fingerprint density at radius 1 is 0.474 bits per heavy atom. The van der Waals surface area contributed by atoms with Crippen LogP contribution in [0, 0.1) is 52.1 Å². The number of aromatic nitrogens is 2. The van der Waals surface area contributed by atoms with Crippen LogP contribution in [-0.4, -0.2) is 20.2 Å². The summed E-state index contributed by atoms with van der Waals surface area (Å²) in [6, 6.07) is 25.6. The van der Waals surface area contributed by atoms with E-state index in [-0.39, 0.29) is 72.8 Å². The zero-order valence-electron chi connectivity index (χ0n) is 30.6. The van der Waals surface area contributed by atoms with Crippen LogP contribution in [-0.2, 0) is 88.5 Å². The van der Waals surface area contributed by atoms with E-state index in [0.717, 1.165) is 58.7 Å². The third-order valence-electron chi connectivity index (χ3n) is 8.93. The fourth-order valence-corrected chi connectivity index (χ4v) is 5.54. The van der Waals surface area contributed by atoms with Gasteiger partial charge in [0.15, 0.2) is 0 Å². The fourth-order valence-electron chi connectivity index (χ4n) is 5.54. The third-order valence-corrected chi connectivity index (χ3v) is 8.93. The van der Waals surface area contributed by atoms with Crippen molar-refractivity contribution < 1.29 is 106 Å². The zero-order valence-corrected chi connectivity index (χ0v) is 36.2. The summed E-state index contributed by atoms with van der Waals surface area (Å²) >= 11 is 0. The molecule has 0 unspecified atom stereocenters. The van der Waals surface area contributed by atoms with Crippen LogP contribution < -0.4 is 0 Å². The van der Waals surface area contributed by atoms with Crippen molar-refractivity contribution in [1.29, 1.82) is 0 Å². The van der Waals surface area contributed by atoms with Crippen LogP contribution in [0.1, 0.15) is 46.6 Å². The zero-order chi connectivity index (χ0) is 39.6. The Bertz CT molecular complexity index is 2070. The number of benzene rings is 4. The maximum atomic E-state index is 14.9. The molecule has 0 spiro atoms. The summed E-state index contributed by atoms with van der Waals surface area (Å²) in [6.45, 7) is 11.8. The van der Waals surface area contributed by atoms with E-state index in [1.54, 1.807) is 6.92 Å². The number of rotatable bonds is 8. The van der Waals surface area contributed by atoms with Crippen LogP contribution in [0.2, 0.25) is 0 Å². The smallest absolute Gasteiger partial charge is 0.294 e. The molecule has 2 N–H and O–H groups in total. The molecule has 2 aromatic heterocycles.